The Bertz CT molecular complexity index is 407. The number of aromatic nitrogens is 1. The molecule has 4 heteroatoms. The van der Waals surface area contributed by atoms with Gasteiger partial charge in [-0.15, -0.1) is 0 Å². The lowest BCUT2D eigenvalue weighted by Gasteiger charge is -2.24. The molecule has 1 aromatic heterocycles. The van der Waals surface area contributed by atoms with E-state index in [4.69, 9.17) is 0 Å². The van der Waals surface area contributed by atoms with Crippen molar-refractivity contribution in [2.24, 2.45) is 0 Å². The molecule has 0 saturated carbocycles. The summed E-state index contributed by atoms with van der Waals surface area (Å²) in [5.41, 5.74) is -0.128. The molecule has 1 rings (SSSR count). The van der Waals surface area contributed by atoms with Crippen molar-refractivity contribution in [2.75, 3.05) is 0 Å². The van der Waals surface area contributed by atoms with E-state index in [1.807, 2.05) is 20.8 Å². The highest BCUT2D eigenvalue weighted by Gasteiger charge is 2.18. The molecule has 4 nitrogen and oxygen atoms in total. The largest absolute Gasteiger partial charge is 0.347 e. The third-order valence-electron chi connectivity index (χ3n) is 2.37. The van der Waals surface area contributed by atoms with Gasteiger partial charge in [0.25, 0.3) is 5.91 Å². The van der Waals surface area contributed by atoms with Crippen LogP contribution in [0, 0.1) is 0 Å². The van der Waals surface area contributed by atoms with Crippen molar-refractivity contribution in [3.63, 3.8) is 0 Å². The van der Waals surface area contributed by atoms with E-state index in [0.717, 1.165) is 6.42 Å². The fourth-order valence-electron chi connectivity index (χ4n) is 1.05. The molecule has 0 aliphatic heterocycles. The van der Waals surface area contributed by atoms with Crippen molar-refractivity contribution in [2.45, 2.75) is 32.7 Å². The van der Waals surface area contributed by atoms with Gasteiger partial charge in [-0.05, 0) is 26.3 Å². The lowest BCUT2D eigenvalue weighted by molar-refractivity contribution is 0.0911. The van der Waals surface area contributed by atoms with E-state index in [2.05, 4.69) is 10.3 Å². The first kappa shape index (κ1) is 11.5. The first-order valence-electron chi connectivity index (χ1n) is 4.96. The first-order valence-corrected chi connectivity index (χ1v) is 4.96. The molecule has 0 fully saturated rings. The average molecular weight is 208 g/mol. The minimum atomic E-state index is -0.267. The quantitative estimate of drug-likeness (QED) is 0.786. The first-order chi connectivity index (χ1) is 6.94. The number of aromatic amines is 1. The second kappa shape index (κ2) is 4.29. The Morgan fingerprint density at radius 3 is 2.73 bits per heavy atom. The van der Waals surface area contributed by atoms with Gasteiger partial charge in [-0.2, -0.15) is 0 Å². The van der Waals surface area contributed by atoms with Gasteiger partial charge in [0.1, 0.15) is 0 Å². The fourth-order valence-corrected chi connectivity index (χ4v) is 1.05. The molecule has 0 saturated heterocycles. The van der Waals surface area contributed by atoms with Gasteiger partial charge in [0, 0.05) is 23.4 Å². The van der Waals surface area contributed by atoms with Crippen LogP contribution >= 0.6 is 0 Å². The number of nitrogens with one attached hydrogen (secondary N) is 2. The summed E-state index contributed by atoms with van der Waals surface area (Å²) in [5.74, 6) is -0.215. The van der Waals surface area contributed by atoms with Crippen LogP contribution in [0.3, 0.4) is 0 Å². The van der Waals surface area contributed by atoms with Crippen molar-refractivity contribution in [3.8, 4) is 0 Å². The lowest BCUT2D eigenvalue weighted by atomic mass is 10.0. The summed E-state index contributed by atoms with van der Waals surface area (Å²) in [7, 11) is 0. The molecule has 1 amide bonds. The number of amides is 1. The number of rotatable bonds is 3. The van der Waals surface area contributed by atoms with Crippen LogP contribution < -0.4 is 10.9 Å². The van der Waals surface area contributed by atoms with Crippen molar-refractivity contribution < 1.29 is 4.79 Å². The zero-order valence-electron chi connectivity index (χ0n) is 9.26. The van der Waals surface area contributed by atoms with Gasteiger partial charge < -0.3 is 10.3 Å². The molecule has 1 aromatic rings. The predicted octanol–water partition coefficient (Wildman–Crippen LogP) is 1.29. The second-order valence-corrected chi connectivity index (χ2v) is 4.13. The normalized spacial score (nSPS) is 11.1. The molecule has 0 aliphatic rings. The molecule has 0 bridgehead atoms. The summed E-state index contributed by atoms with van der Waals surface area (Å²) >= 11 is 0. The van der Waals surface area contributed by atoms with Gasteiger partial charge >= 0.3 is 0 Å². The molecule has 0 atom stereocenters. The molecule has 15 heavy (non-hydrogen) atoms. The summed E-state index contributed by atoms with van der Waals surface area (Å²) in [4.78, 5) is 25.2. The van der Waals surface area contributed by atoms with Crippen molar-refractivity contribution >= 4 is 5.91 Å². The van der Waals surface area contributed by atoms with Crippen LogP contribution in [0.1, 0.15) is 37.6 Å². The second-order valence-electron chi connectivity index (χ2n) is 4.13. The summed E-state index contributed by atoms with van der Waals surface area (Å²) in [6.45, 7) is 5.88. The Kier molecular flexibility index (Phi) is 3.29. The maximum absolute atomic E-state index is 11.7. The zero-order valence-corrected chi connectivity index (χ0v) is 9.26. The molecule has 2 N–H and O–H groups in total. The Hall–Kier alpha value is -1.58. The molecular weight excluding hydrogens is 192 g/mol. The predicted molar refractivity (Wildman–Crippen MR) is 58.9 cm³/mol. The van der Waals surface area contributed by atoms with Gasteiger partial charge in [-0.3, -0.25) is 9.59 Å². The third-order valence-corrected chi connectivity index (χ3v) is 2.37. The molecule has 82 valence electrons. The maximum atomic E-state index is 11.7. The Labute approximate surface area is 88.7 Å². The van der Waals surface area contributed by atoms with Gasteiger partial charge in [-0.25, -0.2) is 0 Å². The van der Waals surface area contributed by atoms with E-state index in [9.17, 15) is 9.59 Å². The number of hydrogen-bond donors (Lipinski definition) is 2. The summed E-state index contributed by atoms with van der Waals surface area (Å²) in [6.07, 6.45) is 2.30. The van der Waals surface area contributed by atoms with E-state index in [-0.39, 0.29) is 17.0 Å². The number of H-pyrrole nitrogens is 1. The SMILES string of the molecule is CCC(C)(C)NC(=O)c1cc[nH]c(=O)c1. The average Bonchev–Trinajstić information content (AvgIpc) is 2.17. The van der Waals surface area contributed by atoms with Gasteiger partial charge in [-0.1, -0.05) is 6.92 Å². The van der Waals surface area contributed by atoms with Crippen LogP contribution in [0.15, 0.2) is 23.1 Å². The van der Waals surface area contributed by atoms with Crippen LogP contribution in [-0.4, -0.2) is 16.4 Å². The Balaban J connectivity index is 2.83. The van der Waals surface area contributed by atoms with Crippen LogP contribution in [-0.2, 0) is 0 Å². The summed E-state index contributed by atoms with van der Waals surface area (Å²) in [5, 5.41) is 2.86. The number of carbonyl (C=O) groups is 1. The highest BCUT2D eigenvalue weighted by atomic mass is 16.2. The van der Waals surface area contributed by atoms with Crippen LogP contribution in [0.5, 0.6) is 0 Å². The van der Waals surface area contributed by atoms with Gasteiger partial charge in [0.2, 0.25) is 5.56 Å². The highest BCUT2D eigenvalue weighted by Crippen LogP contribution is 2.08. The number of hydrogen-bond acceptors (Lipinski definition) is 2. The van der Waals surface area contributed by atoms with Crippen molar-refractivity contribution in [3.05, 3.63) is 34.2 Å². The molecular formula is C11H16N2O2. The van der Waals surface area contributed by atoms with Crippen LogP contribution in [0.25, 0.3) is 0 Å². The standard InChI is InChI=1S/C11H16N2O2/c1-4-11(2,3)13-10(15)8-5-6-12-9(14)7-8/h5-7H,4H2,1-3H3,(H,12,14)(H,13,15). The van der Waals surface area contributed by atoms with Crippen LogP contribution in [0.4, 0.5) is 0 Å². The summed E-state index contributed by atoms with van der Waals surface area (Å²) in [6, 6.07) is 2.88. The van der Waals surface area contributed by atoms with E-state index in [1.54, 1.807) is 6.07 Å². The van der Waals surface area contributed by atoms with Crippen molar-refractivity contribution in [1.29, 1.82) is 0 Å². The molecule has 0 spiro atoms. The number of pyridine rings is 1. The highest BCUT2D eigenvalue weighted by molar-refractivity contribution is 5.94. The third kappa shape index (κ3) is 3.23. The molecule has 0 aromatic carbocycles. The minimum Gasteiger partial charge on any atom is -0.347 e. The van der Waals surface area contributed by atoms with Crippen LogP contribution in [0.2, 0.25) is 0 Å². The topological polar surface area (TPSA) is 62.0 Å². The van der Waals surface area contributed by atoms with E-state index in [1.165, 1.54) is 12.3 Å². The molecule has 1 heterocycles. The van der Waals surface area contributed by atoms with E-state index in [0.29, 0.717) is 5.56 Å². The van der Waals surface area contributed by atoms with Gasteiger partial charge in [0.15, 0.2) is 0 Å². The Morgan fingerprint density at radius 1 is 1.53 bits per heavy atom. The fraction of sp³-hybridized carbons (Fsp3) is 0.455. The summed E-state index contributed by atoms with van der Waals surface area (Å²) < 4.78 is 0. The maximum Gasteiger partial charge on any atom is 0.251 e. The van der Waals surface area contributed by atoms with Crippen molar-refractivity contribution in [1.82, 2.24) is 10.3 Å². The molecule has 0 radical (unpaired) electrons. The van der Waals surface area contributed by atoms with Gasteiger partial charge in [0.05, 0.1) is 0 Å². The minimum absolute atomic E-state index is 0.215. The lowest BCUT2D eigenvalue weighted by Crippen LogP contribution is -2.43. The zero-order chi connectivity index (χ0) is 11.5. The van der Waals surface area contributed by atoms with E-state index >= 15 is 0 Å². The molecule has 0 unspecified atom stereocenters. The molecule has 0 aliphatic carbocycles. The number of carbonyl (C=O) groups excluding carboxylic acids is 1. The monoisotopic (exact) mass is 208 g/mol. The van der Waals surface area contributed by atoms with E-state index < -0.39 is 0 Å². The smallest absolute Gasteiger partial charge is 0.251 e. The Morgan fingerprint density at radius 2 is 2.20 bits per heavy atom.